The van der Waals surface area contributed by atoms with Crippen LogP contribution in [0.25, 0.3) is 0 Å². The summed E-state index contributed by atoms with van der Waals surface area (Å²) in [5.41, 5.74) is 0.0692. The van der Waals surface area contributed by atoms with Gasteiger partial charge in [-0.1, -0.05) is 0 Å². The molecule has 0 saturated carbocycles. The van der Waals surface area contributed by atoms with E-state index in [9.17, 15) is 9.59 Å². The van der Waals surface area contributed by atoms with Gasteiger partial charge in [-0.25, -0.2) is 0 Å². The Balaban J connectivity index is 2.89. The largest absolute Gasteiger partial charge is 0.383 e. The van der Waals surface area contributed by atoms with Gasteiger partial charge in [0.25, 0.3) is 5.91 Å². The molecule has 1 unspecified atom stereocenters. The van der Waals surface area contributed by atoms with Crippen molar-refractivity contribution in [3.8, 4) is 0 Å². The van der Waals surface area contributed by atoms with Crippen molar-refractivity contribution in [1.82, 2.24) is 9.88 Å². The molecule has 0 aromatic carbocycles. The molecule has 1 heterocycles. The van der Waals surface area contributed by atoms with E-state index in [1.165, 1.54) is 12.3 Å². The second-order valence-electron chi connectivity index (χ2n) is 4.24. The lowest BCUT2D eigenvalue weighted by Gasteiger charge is -2.28. The Bertz CT molecular complexity index is 458. The maximum atomic E-state index is 12.4. The number of nitrogens with zero attached hydrogens (tertiary/aromatic N) is 1. The van der Waals surface area contributed by atoms with Crippen LogP contribution in [0.5, 0.6) is 0 Å². The van der Waals surface area contributed by atoms with Crippen molar-refractivity contribution in [1.29, 1.82) is 0 Å². The molecule has 6 nitrogen and oxygen atoms in total. The van der Waals surface area contributed by atoms with Gasteiger partial charge < -0.3 is 19.4 Å². The van der Waals surface area contributed by atoms with Gasteiger partial charge in [-0.3, -0.25) is 9.59 Å². The minimum Gasteiger partial charge on any atom is -0.383 e. The average Bonchev–Trinajstić information content (AvgIpc) is 2.39. The van der Waals surface area contributed by atoms with Crippen molar-refractivity contribution >= 4 is 5.91 Å². The minimum atomic E-state index is -0.295. The van der Waals surface area contributed by atoms with Crippen LogP contribution in [0.4, 0.5) is 0 Å². The van der Waals surface area contributed by atoms with E-state index in [4.69, 9.17) is 9.47 Å². The zero-order valence-electron chi connectivity index (χ0n) is 11.5. The molecule has 0 fully saturated rings. The van der Waals surface area contributed by atoms with E-state index >= 15 is 0 Å². The highest BCUT2D eigenvalue weighted by atomic mass is 16.5. The lowest BCUT2D eigenvalue weighted by atomic mass is 10.2. The highest BCUT2D eigenvalue weighted by Crippen LogP contribution is 2.07. The predicted molar refractivity (Wildman–Crippen MR) is 71.3 cm³/mol. The first-order chi connectivity index (χ1) is 9.10. The van der Waals surface area contributed by atoms with Gasteiger partial charge in [-0.15, -0.1) is 0 Å². The third-order valence-corrected chi connectivity index (χ3v) is 2.76. The number of rotatable bonds is 7. The fourth-order valence-corrected chi connectivity index (χ4v) is 1.79. The quantitative estimate of drug-likeness (QED) is 0.781. The highest BCUT2D eigenvalue weighted by molar-refractivity contribution is 5.94. The number of hydrogen-bond acceptors (Lipinski definition) is 4. The Labute approximate surface area is 112 Å². The molecular weight excluding hydrogens is 248 g/mol. The fraction of sp³-hybridized carbons (Fsp3) is 0.538. The molecule has 6 heteroatoms. The molecule has 1 atom stereocenters. The molecule has 0 saturated heterocycles. The van der Waals surface area contributed by atoms with Crippen LogP contribution in [-0.2, 0) is 9.47 Å². The molecule has 1 N–H and O–H groups in total. The van der Waals surface area contributed by atoms with Crippen LogP contribution in [-0.4, -0.2) is 55.8 Å². The summed E-state index contributed by atoms with van der Waals surface area (Å²) < 4.78 is 10.1. The summed E-state index contributed by atoms with van der Waals surface area (Å²) in [6, 6.07) is 2.79. The number of carbonyl (C=O) groups is 1. The van der Waals surface area contributed by atoms with Gasteiger partial charge in [0.2, 0.25) is 5.56 Å². The van der Waals surface area contributed by atoms with Crippen LogP contribution in [0.1, 0.15) is 17.3 Å². The van der Waals surface area contributed by atoms with Gasteiger partial charge in [-0.05, 0) is 13.0 Å². The van der Waals surface area contributed by atoms with Crippen LogP contribution in [0, 0.1) is 0 Å². The molecule has 0 aliphatic rings. The second-order valence-corrected chi connectivity index (χ2v) is 4.24. The summed E-state index contributed by atoms with van der Waals surface area (Å²) >= 11 is 0. The Kier molecular flexibility index (Phi) is 6.24. The first-order valence-corrected chi connectivity index (χ1v) is 6.07. The summed E-state index contributed by atoms with van der Waals surface area (Å²) in [5, 5.41) is 0. The third kappa shape index (κ3) is 4.50. The maximum Gasteiger partial charge on any atom is 0.254 e. The number of amides is 1. The van der Waals surface area contributed by atoms with E-state index in [0.29, 0.717) is 25.3 Å². The molecule has 106 valence electrons. The molecule has 0 aliphatic carbocycles. The summed E-state index contributed by atoms with van der Waals surface area (Å²) in [7, 11) is 3.17. The highest BCUT2D eigenvalue weighted by Gasteiger charge is 2.21. The number of pyridine rings is 1. The number of aromatic amines is 1. The zero-order chi connectivity index (χ0) is 14.3. The summed E-state index contributed by atoms with van der Waals surface area (Å²) in [6.45, 7) is 3.21. The molecule has 0 spiro atoms. The maximum absolute atomic E-state index is 12.4. The van der Waals surface area contributed by atoms with Crippen LogP contribution < -0.4 is 5.56 Å². The smallest absolute Gasteiger partial charge is 0.254 e. The standard InChI is InChI=1S/C13H20N2O4/c1-10(9-19-3)15(6-7-18-2)13(17)11-4-5-14-12(16)8-11/h4-5,8,10H,6-7,9H2,1-3H3,(H,14,16). The summed E-state index contributed by atoms with van der Waals surface area (Å²) in [4.78, 5) is 27.8. The van der Waals surface area contributed by atoms with Gasteiger partial charge in [0.05, 0.1) is 19.3 Å². The van der Waals surface area contributed by atoms with Gasteiger partial charge in [0.1, 0.15) is 0 Å². The van der Waals surface area contributed by atoms with Crippen molar-refractivity contribution in [2.75, 3.05) is 34.0 Å². The van der Waals surface area contributed by atoms with Gasteiger partial charge in [-0.2, -0.15) is 0 Å². The number of carbonyl (C=O) groups excluding carboxylic acids is 1. The molecule has 1 aromatic heterocycles. The molecule has 1 amide bonds. The SMILES string of the molecule is COCCN(C(=O)c1cc[nH]c(=O)c1)C(C)COC. The molecule has 1 aromatic rings. The van der Waals surface area contributed by atoms with Gasteiger partial charge >= 0.3 is 0 Å². The summed E-state index contributed by atoms with van der Waals surface area (Å²) in [5.74, 6) is -0.201. The van der Waals surface area contributed by atoms with E-state index in [1.807, 2.05) is 6.92 Å². The Morgan fingerprint density at radius 2 is 2.16 bits per heavy atom. The van der Waals surface area contributed by atoms with Crippen LogP contribution in [0.2, 0.25) is 0 Å². The van der Waals surface area contributed by atoms with E-state index in [-0.39, 0.29) is 17.5 Å². The number of nitrogens with one attached hydrogen (secondary N) is 1. The average molecular weight is 268 g/mol. The lowest BCUT2D eigenvalue weighted by Crippen LogP contribution is -2.43. The summed E-state index contributed by atoms with van der Waals surface area (Å²) in [6.07, 6.45) is 1.46. The van der Waals surface area contributed by atoms with E-state index in [0.717, 1.165) is 0 Å². The van der Waals surface area contributed by atoms with Crippen molar-refractivity contribution in [2.45, 2.75) is 13.0 Å². The minimum absolute atomic E-state index is 0.0908. The van der Waals surface area contributed by atoms with Gasteiger partial charge in [0.15, 0.2) is 0 Å². The van der Waals surface area contributed by atoms with Crippen LogP contribution >= 0.6 is 0 Å². The first-order valence-electron chi connectivity index (χ1n) is 6.07. The Morgan fingerprint density at radius 1 is 1.42 bits per heavy atom. The number of hydrogen-bond donors (Lipinski definition) is 1. The molecule has 1 rings (SSSR count). The first kappa shape index (κ1) is 15.4. The third-order valence-electron chi connectivity index (χ3n) is 2.76. The number of methoxy groups -OCH3 is 2. The van der Waals surface area contributed by atoms with Crippen molar-refractivity contribution in [2.24, 2.45) is 0 Å². The monoisotopic (exact) mass is 268 g/mol. The van der Waals surface area contributed by atoms with Crippen molar-refractivity contribution in [3.05, 3.63) is 34.2 Å². The topological polar surface area (TPSA) is 71.6 Å². The normalized spacial score (nSPS) is 12.2. The zero-order valence-corrected chi connectivity index (χ0v) is 11.5. The fourth-order valence-electron chi connectivity index (χ4n) is 1.79. The van der Waals surface area contributed by atoms with E-state index in [1.54, 1.807) is 25.2 Å². The van der Waals surface area contributed by atoms with Crippen LogP contribution in [0.3, 0.4) is 0 Å². The lowest BCUT2D eigenvalue weighted by molar-refractivity contribution is 0.0479. The second kappa shape index (κ2) is 7.70. The predicted octanol–water partition coefficient (Wildman–Crippen LogP) is 0.498. The molecule has 0 aliphatic heterocycles. The van der Waals surface area contributed by atoms with Crippen molar-refractivity contribution < 1.29 is 14.3 Å². The number of ether oxygens (including phenoxy) is 2. The Morgan fingerprint density at radius 3 is 2.74 bits per heavy atom. The number of aromatic nitrogens is 1. The Hall–Kier alpha value is -1.66. The molecule has 19 heavy (non-hydrogen) atoms. The van der Waals surface area contributed by atoms with Crippen molar-refractivity contribution in [3.63, 3.8) is 0 Å². The van der Waals surface area contributed by atoms with Crippen LogP contribution in [0.15, 0.2) is 23.1 Å². The number of H-pyrrole nitrogens is 1. The molecular formula is C13H20N2O4. The molecule has 0 bridgehead atoms. The van der Waals surface area contributed by atoms with Gasteiger partial charge in [0, 0.05) is 38.6 Å². The molecule has 0 radical (unpaired) electrons. The van der Waals surface area contributed by atoms with E-state index in [2.05, 4.69) is 4.98 Å². The van der Waals surface area contributed by atoms with E-state index < -0.39 is 0 Å².